The molecule has 2 N–H and O–H groups in total. The lowest BCUT2D eigenvalue weighted by Crippen LogP contribution is -2.39. The molecule has 0 aromatic rings. The molecule has 0 aliphatic rings. The van der Waals surface area contributed by atoms with Crippen molar-refractivity contribution in [3.8, 4) is 0 Å². The summed E-state index contributed by atoms with van der Waals surface area (Å²) in [6.07, 6.45) is 1.39. The minimum Gasteiger partial charge on any atom is -0.480 e. The van der Waals surface area contributed by atoms with E-state index < -0.39 is 12.0 Å². The number of ketones is 1. The summed E-state index contributed by atoms with van der Waals surface area (Å²) in [5, 5.41) is 11.6. The number of carbonyl (C=O) groups excluding carboxylic acids is 1. The molecule has 0 aromatic heterocycles. The third kappa shape index (κ3) is 4.64. The van der Waals surface area contributed by atoms with E-state index in [1.54, 1.807) is 6.92 Å². The predicted octanol–water partition coefficient (Wildman–Crippen LogP) is 1.18. The van der Waals surface area contributed by atoms with Gasteiger partial charge in [-0.3, -0.25) is 4.79 Å². The SMILES string of the molecule is CC(=O)/C=C(/C)NC(C(=O)O)C(C)C. The van der Waals surface area contributed by atoms with Crippen LogP contribution in [0.2, 0.25) is 0 Å². The molecule has 0 bridgehead atoms. The molecule has 0 saturated heterocycles. The molecule has 0 heterocycles. The fraction of sp³-hybridized carbons (Fsp3) is 0.600. The van der Waals surface area contributed by atoms with Crippen molar-refractivity contribution in [2.45, 2.75) is 33.7 Å². The quantitative estimate of drug-likeness (QED) is 0.652. The number of allylic oxidation sites excluding steroid dienone is 2. The van der Waals surface area contributed by atoms with E-state index in [1.807, 2.05) is 13.8 Å². The Morgan fingerprint density at radius 2 is 1.79 bits per heavy atom. The number of aliphatic carboxylic acids is 1. The van der Waals surface area contributed by atoms with Crippen LogP contribution in [0.3, 0.4) is 0 Å². The van der Waals surface area contributed by atoms with Gasteiger partial charge in [0.1, 0.15) is 6.04 Å². The lowest BCUT2D eigenvalue weighted by molar-refractivity contribution is -0.140. The van der Waals surface area contributed by atoms with E-state index in [1.165, 1.54) is 13.0 Å². The van der Waals surface area contributed by atoms with E-state index in [0.29, 0.717) is 5.70 Å². The van der Waals surface area contributed by atoms with Gasteiger partial charge in [-0.2, -0.15) is 0 Å². The zero-order valence-electron chi connectivity index (χ0n) is 9.00. The molecule has 0 radical (unpaired) electrons. The molecule has 0 saturated carbocycles. The maximum Gasteiger partial charge on any atom is 0.326 e. The molecular formula is C10H17NO3. The Kier molecular flexibility index (Phi) is 4.91. The molecule has 1 unspecified atom stereocenters. The number of carboxylic acids is 1. The second kappa shape index (κ2) is 5.42. The number of hydrogen-bond acceptors (Lipinski definition) is 3. The van der Waals surface area contributed by atoms with Crippen molar-refractivity contribution in [2.24, 2.45) is 5.92 Å². The van der Waals surface area contributed by atoms with E-state index in [9.17, 15) is 9.59 Å². The van der Waals surface area contributed by atoms with Gasteiger partial charge in [-0.1, -0.05) is 13.8 Å². The van der Waals surface area contributed by atoms with E-state index in [0.717, 1.165) is 0 Å². The van der Waals surface area contributed by atoms with E-state index in [-0.39, 0.29) is 11.7 Å². The molecule has 0 aliphatic heterocycles. The Hall–Kier alpha value is -1.32. The highest BCUT2D eigenvalue weighted by Crippen LogP contribution is 2.04. The van der Waals surface area contributed by atoms with Gasteiger partial charge in [0.05, 0.1) is 0 Å². The summed E-state index contributed by atoms with van der Waals surface area (Å²) >= 11 is 0. The zero-order valence-corrected chi connectivity index (χ0v) is 9.00. The van der Waals surface area contributed by atoms with Gasteiger partial charge in [0.2, 0.25) is 0 Å². The molecule has 4 heteroatoms. The fourth-order valence-electron chi connectivity index (χ4n) is 1.11. The van der Waals surface area contributed by atoms with Crippen LogP contribution >= 0.6 is 0 Å². The first-order chi connectivity index (χ1) is 6.34. The fourth-order valence-corrected chi connectivity index (χ4v) is 1.11. The molecule has 0 fully saturated rings. The number of carbonyl (C=O) groups is 2. The van der Waals surface area contributed by atoms with Gasteiger partial charge < -0.3 is 10.4 Å². The van der Waals surface area contributed by atoms with Gasteiger partial charge in [-0.25, -0.2) is 4.79 Å². The minimum atomic E-state index is -0.906. The highest BCUT2D eigenvalue weighted by Gasteiger charge is 2.20. The minimum absolute atomic E-state index is 0.0252. The van der Waals surface area contributed by atoms with Crippen molar-refractivity contribution in [2.75, 3.05) is 0 Å². The largest absolute Gasteiger partial charge is 0.480 e. The second-order valence-corrected chi connectivity index (χ2v) is 3.64. The van der Waals surface area contributed by atoms with Crippen LogP contribution in [-0.2, 0) is 9.59 Å². The molecule has 0 rings (SSSR count). The van der Waals surface area contributed by atoms with Gasteiger partial charge in [-0.15, -0.1) is 0 Å². The number of hydrogen-bond donors (Lipinski definition) is 2. The van der Waals surface area contributed by atoms with E-state index in [4.69, 9.17) is 5.11 Å². The molecule has 14 heavy (non-hydrogen) atoms. The van der Waals surface area contributed by atoms with E-state index in [2.05, 4.69) is 5.32 Å². The summed E-state index contributed by atoms with van der Waals surface area (Å²) in [6.45, 7) is 6.73. The summed E-state index contributed by atoms with van der Waals surface area (Å²) < 4.78 is 0. The molecule has 0 amide bonds. The van der Waals surface area contributed by atoms with Crippen LogP contribution in [0.25, 0.3) is 0 Å². The highest BCUT2D eigenvalue weighted by molar-refractivity contribution is 5.87. The van der Waals surface area contributed by atoms with Crippen LogP contribution in [0.4, 0.5) is 0 Å². The van der Waals surface area contributed by atoms with Crippen LogP contribution in [-0.4, -0.2) is 22.9 Å². The maximum absolute atomic E-state index is 10.8. The summed E-state index contributed by atoms with van der Waals surface area (Å²) in [5.41, 5.74) is 0.582. The van der Waals surface area contributed by atoms with Gasteiger partial charge in [0.25, 0.3) is 0 Å². The average molecular weight is 199 g/mol. The molecule has 0 spiro atoms. The number of rotatable bonds is 5. The monoisotopic (exact) mass is 199 g/mol. The third-order valence-electron chi connectivity index (χ3n) is 1.74. The maximum atomic E-state index is 10.8. The summed E-state index contributed by atoms with van der Waals surface area (Å²) in [6, 6.07) is -0.648. The van der Waals surface area contributed by atoms with E-state index >= 15 is 0 Å². The first-order valence-electron chi connectivity index (χ1n) is 4.52. The number of carboxylic acid groups (broad SMARTS) is 1. The third-order valence-corrected chi connectivity index (χ3v) is 1.74. The van der Waals surface area contributed by atoms with Crippen LogP contribution in [0.5, 0.6) is 0 Å². The summed E-state index contributed by atoms with van der Waals surface area (Å²) in [5.74, 6) is -1.03. The van der Waals surface area contributed by atoms with Gasteiger partial charge in [-0.05, 0) is 25.8 Å². The smallest absolute Gasteiger partial charge is 0.326 e. The van der Waals surface area contributed by atoms with Crippen LogP contribution in [0, 0.1) is 5.92 Å². The van der Waals surface area contributed by atoms with Crippen molar-refractivity contribution in [3.63, 3.8) is 0 Å². The molecule has 1 atom stereocenters. The number of nitrogens with one attached hydrogen (secondary N) is 1. The van der Waals surface area contributed by atoms with Crippen LogP contribution in [0.1, 0.15) is 27.7 Å². The first kappa shape index (κ1) is 12.7. The lowest BCUT2D eigenvalue weighted by atomic mass is 10.0. The van der Waals surface area contributed by atoms with Crippen molar-refractivity contribution in [1.29, 1.82) is 0 Å². The molecule has 0 aliphatic carbocycles. The van der Waals surface area contributed by atoms with Crippen molar-refractivity contribution < 1.29 is 14.7 Å². The molecule has 4 nitrogen and oxygen atoms in total. The Labute approximate surface area is 84.0 Å². The van der Waals surface area contributed by atoms with Crippen LogP contribution < -0.4 is 5.32 Å². The first-order valence-corrected chi connectivity index (χ1v) is 4.52. The van der Waals surface area contributed by atoms with Crippen molar-refractivity contribution in [3.05, 3.63) is 11.8 Å². The molecule has 80 valence electrons. The Balaban J connectivity index is 4.46. The molecule has 0 aromatic carbocycles. The average Bonchev–Trinajstić information content (AvgIpc) is 1.97. The predicted molar refractivity (Wildman–Crippen MR) is 53.8 cm³/mol. The van der Waals surface area contributed by atoms with Gasteiger partial charge >= 0.3 is 5.97 Å². The van der Waals surface area contributed by atoms with Crippen molar-refractivity contribution in [1.82, 2.24) is 5.32 Å². The zero-order chi connectivity index (χ0) is 11.3. The normalized spacial score (nSPS) is 13.9. The van der Waals surface area contributed by atoms with Gasteiger partial charge in [0, 0.05) is 5.70 Å². The Morgan fingerprint density at radius 3 is 2.07 bits per heavy atom. The highest BCUT2D eigenvalue weighted by atomic mass is 16.4. The summed E-state index contributed by atoms with van der Waals surface area (Å²) in [7, 11) is 0. The standard InChI is InChI=1S/C10H17NO3/c1-6(2)9(10(13)14)11-7(3)5-8(4)12/h5-6,9,11H,1-4H3,(H,13,14)/b7-5-. The summed E-state index contributed by atoms with van der Waals surface area (Å²) in [4.78, 5) is 21.5. The Morgan fingerprint density at radius 1 is 1.29 bits per heavy atom. The second-order valence-electron chi connectivity index (χ2n) is 3.64. The van der Waals surface area contributed by atoms with Crippen LogP contribution in [0.15, 0.2) is 11.8 Å². The molecular weight excluding hydrogens is 182 g/mol. The lowest BCUT2D eigenvalue weighted by Gasteiger charge is -2.19. The van der Waals surface area contributed by atoms with Gasteiger partial charge in [0.15, 0.2) is 5.78 Å². The Bertz CT molecular complexity index is 256. The van der Waals surface area contributed by atoms with Crippen molar-refractivity contribution >= 4 is 11.8 Å². The topological polar surface area (TPSA) is 66.4 Å².